The maximum absolute atomic E-state index is 9.39. The lowest BCUT2D eigenvalue weighted by Crippen LogP contribution is -1.89. The van der Waals surface area contributed by atoms with Crippen LogP contribution < -0.4 is 0 Å². The van der Waals surface area contributed by atoms with E-state index in [9.17, 15) is 5.11 Å². The van der Waals surface area contributed by atoms with Gasteiger partial charge in [-0.1, -0.05) is 13.0 Å². The molecule has 1 aromatic carbocycles. The average Bonchev–Trinajstić information content (AvgIpc) is 2.31. The van der Waals surface area contributed by atoms with Crippen molar-refractivity contribution >= 4 is 0 Å². The van der Waals surface area contributed by atoms with E-state index < -0.39 is 0 Å². The Morgan fingerprint density at radius 3 is 2.62 bits per heavy atom. The van der Waals surface area contributed by atoms with Gasteiger partial charge in [-0.3, -0.25) is 0 Å². The Kier molecular flexibility index (Phi) is 5.45. The highest BCUT2D eigenvalue weighted by Gasteiger charge is 2.00. The zero-order valence-corrected chi connectivity index (χ0v) is 9.66. The fraction of sp³-hybridized carbons (Fsp3) is 0.429. The van der Waals surface area contributed by atoms with Gasteiger partial charge in [0, 0.05) is 18.4 Å². The number of aromatic hydroxyl groups is 1. The van der Waals surface area contributed by atoms with Crippen LogP contribution in [-0.2, 0) is 13.0 Å². The number of aliphatic hydroxyl groups excluding tert-OH is 1. The molecule has 2 N–H and O–H groups in total. The van der Waals surface area contributed by atoms with E-state index in [1.165, 1.54) is 0 Å². The summed E-state index contributed by atoms with van der Waals surface area (Å²) in [6, 6.07) is 5.33. The number of rotatable bonds is 4. The fourth-order valence-electron chi connectivity index (χ4n) is 1.43. The summed E-state index contributed by atoms with van der Waals surface area (Å²) >= 11 is 0. The van der Waals surface area contributed by atoms with E-state index in [-0.39, 0.29) is 12.4 Å². The van der Waals surface area contributed by atoms with Crippen LogP contribution in [0.4, 0.5) is 0 Å². The summed E-state index contributed by atoms with van der Waals surface area (Å²) in [6.45, 7) is 1.99. The molecule has 1 aromatic rings. The van der Waals surface area contributed by atoms with Crippen molar-refractivity contribution in [1.82, 2.24) is 0 Å². The number of unbranched alkanes of at least 4 members (excludes halogenated alkanes) is 1. The van der Waals surface area contributed by atoms with Gasteiger partial charge in [-0.05, 0) is 30.5 Å². The first-order valence-corrected chi connectivity index (χ1v) is 5.65. The summed E-state index contributed by atoms with van der Waals surface area (Å²) < 4.78 is 0. The minimum atomic E-state index is -0.124. The van der Waals surface area contributed by atoms with Gasteiger partial charge in [-0.15, -0.1) is 11.8 Å². The zero-order chi connectivity index (χ0) is 11.8. The molecule has 0 aliphatic heterocycles. The van der Waals surface area contributed by atoms with Gasteiger partial charge >= 0.3 is 0 Å². The molecule has 2 heteroatoms. The summed E-state index contributed by atoms with van der Waals surface area (Å²) in [6.07, 6.45) is 3.75. The molecule has 0 fully saturated rings. The molecule has 0 amide bonds. The second-order valence-electron chi connectivity index (χ2n) is 3.72. The number of aryl methyl sites for hydroxylation is 1. The minimum Gasteiger partial charge on any atom is -0.508 e. The van der Waals surface area contributed by atoms with E-state index in [1.807, 2.05) is 12.1 Å². The Hall–Kier alpha value is -1.46. The molecule has 2 nitrogen and oxygen atoms in total. The van der Waals surface area contributed by atoms with Crippen LogP contribution in [0.3, 0.4) is 0 Å². The number of aliphatic hydroxyl groups is 1. The topological polar surface area (TPSA) is 40.5 Å². The van der Waals surface area contributed by atoms with Crippen LogP contribution >= 0.6 is 0 Å². The summed E-state index contributed by atoms with van der Waals surface area (Å²) in [5.41, 5.74) is 1.69. The number of hydrogen-bond acceptors (Lipinski definition) is 2. The fourth-order valence-corrected chi connectivity index (χ4v) is 1.43. The molecule has 16 heavy (non-hydrogen) atoms. The molecule has 1 rings (SSSR count). The molecule has 0 aliphatic carbocycles. The molecular formula is C14H18O2. The Labute approximate surface area is 96.9 Å². The molecule has 0 radical (unpaired) electrons. The minimum absolute atomic E-state index is 0.124. The summed E-state index contributed by atoms with van der Waals surface area (Å²) in [7, 11) is 0. The van der Waals surface area contributed by atoms with Crippen LogP contribution in [0, 0.1) is 11.8 Å². The van der Waals surface area contributed by atoms with Crippen molar-refractivity contribution in [3.63, 3.8) is 0 Å². The maximum Gasteiger partial charge on any atom is 0.121 e. The number of phenols is 1. The lowest BCUT2D eigenvalue weighted by Gasteiger charge is -2.03. The molecule has 0 bridgehead atoms. The summed E-state index contributed by atoms with van der Waals surface area (Å²) in [4.78, 5) is 0. The highest BCUT2D eigenvalue weighted by molar-refractivity contribution is 5.35. The number of benzene rings is 1. The quantitative estimate of drug-likeness (QED) is 0.763. The maximum atomic E-state index is 9.39. The Morgan fingerprint density at radius 2 is 1.94 bits per heavy atom. The van der Waals surface area contributed by atoms with Crippen molar-refractivity contribution in [2.45, 2.75) is 39.2 Å². The Bertz CT molecular complexity index is 385. The Balaban J connectivity index is 2.52. The summed E-state index contributed by atoms with van der Waals surface area (Å²) in [5, 5.41) is 18.4. The van der Waals surface area contributed by atoms with Crippen molar-refractivity contribution < 1.29 is 10.2 Å². The van der Waals surface area contributed by atoms with Crippen molar-refractivity contribution in [3.05, 3.63) is 29.3 Å². The van der Waals surface area contributed by atoms with Gasteiger partial charge in [-0.2, -0.15) is 0 Å². The second kappa shape index (κ2) is 6.92. The van der Waals surface area contributed by atoms with Gasteiger partial charge in [-0.25, -0.2) is 0 Å². The molecule has 0 aliphatic rings. The summed E-state index contributed by atoms with van der Waals surface area (Å²) in [5.74, 6) is 6.36. The van der Waals surface area contributed by atoms with E-state index in [2.05, 4.69) is 18.8 Å². The first-order chi connectivity index (χ1) is 7.77. The lowest BCUT2D eigenvalue weighted by atomic mass is 10.1. The molecule has 0 heterocycles. The highest BCUT2D eigenvalue weighted by atomic mass is 16.3. The first kappa shape index (κ1) is 12.6. The van der Waals surface area contributed by atoms with Gasteiger partial charge in [0.05, 0.1) is 6.61 Å². The lowest BCUT2D eigenvalue weighted by molar-refractivity contribution is 0.275. The van der Waals surface area contributed by atoms with E-state index in [1.54, 1.807) is 6.07 Å². The van der Waals surface area contributed by atoms with Gasteiger partial charge in [0.15, 0.2) is 0 Å². The van der Waals surface area contributed by atoms with Crippen LogP contribution in [0.15, 0.2) is 18.2 Å². The SMILES string of the molecule is CCCC#CCCc1ccc(O)c(CO)c1. The van der Waals surface area contributed by atoms with Crippen molar-refractivity contribution in [3.8, 4) is 17.6 Å². The van der Waals surface area contributed by atoms with Crippen molar-refractivity contribution in [1.29, 1.82) is 0 Å². The molecule has 0 unspecified atom stereocenters. The third kappa shape index (κ3) is 3.96. The predicted octanol–water partition coefficient (Wildman–Crippen LogP) is 2.62. The van der Waals surface area contributed by atoms with E-state index in [0.29, 0.717) is 5.56 Å². The molecule has 0 atom stereocenters. The smallest absolute Gasteiger partial charge is 0.121 e. The third-order valence-corrected chi connectivity index (χ3v) is 2.35. The standard InChI is InChI=1S/C14H18O2/c1-2-3-4-5-6-7-12-8-9-14(16)13(10-12)11-15/h8-10,15-16H,2-3,6-7,11H2,1H3. The third-order valence-electron chi connectivity index (χ3n) is 2.35. The second-order valence-corrected chi connectivity index (χ2v) is 3.72. The predicted molar refractivity (Wildman–Crippen MR) is 65.0 cm³/mol. The van der Waals surface area contributed by atoms with Gasteiger partial charge in [0.2, 0.25) is 0 Å². The Morgan fingerprint density at radius 1 is 1.19 bits per heavy atom. The van der Waals surface area contributed by atoms with Crippen LogP contribution in [0.25, 0.3) is 0 Å². The van der Waals surface area contributed by atoms with Crippen LogP contribution in [0.1, 0.15) is 37.3 Å². The van der Waals surface area contributed by atoms with E-state index in [0.717, 1.165) is 31.2 Å². The van der Waals surface area contributed by atoms with Crippen LogP contribution in [-0.4, -0.2) is 10.2 Å². The van der Waals surface area contributed by atoms with Crippen molar-refractivity contribution in [2.24, 2.45) is 0 Å². The van der Waals surface area contributed by atoms with Gasteiger partial charge in [0.25, 0.3) is 0 Å². The first-order valence-electron chi connectivity index (χ1n) is 5.65. The van der Waals surface area contributed by atoms with Crippen LogP contribution in [0.5, 0.6) is 5.75 Å². The zero-order valence-electron chi connectivity index (χ0n) is 9.66. The van der Waals surface area contributed by atoms with E-state index >= 15 is 0 Å². The van der Waals surface area contributed by atoms with Crippen molar-refractivity contribution in [2.75, 3.05) is 0 Å². The molecule has 0 saturated heterocycles. The molecular weight excluding hydrogens is 200 g/mol. The van der Waals surface area contributed by atoms with E-state index in [4.69, 9.17) is 5.11 Å². The van der Waals surface area contributed by atoms with Gasteiger partial charge in [0.1, 0.15) is 5.75 Å². The highest BCUT2D eigenvalue weighted by Crippen LogP contribution is 2.18. The molecule has 86 valence electrons. The van der Waals surface area contributed by atoms with Gasteiger partial charge < -0.3 is 10.2 Å². The monoisotopic (exact) mass is 218 g/mol. The normalized spacial score (nSPS) is 9.62. The molecule has 0 aromatic heterocycles. The largest absolute Gasteiger partial charge is 0.508 e. The number of hydrogen-bond donors (Lipinski definition) is 2. The van der Waals surface area contributed by atoms with Crippen LogP contribution in [0.2, 0.25) is 0 Å². The molecule has 0 saturated carbocycles. The average molecular weight is 218 g/mol. The molecule has 0 spiro atoms.